The minimum absolute atomic E-state index is 0.120. The fraction of sp³-hybridized carbons (Fsp3) is 0.684. The first-order chi connectivity index (χ1) is 12.6. The maximum Gasteiger partial charge on any atom is 0.339 e. The molecular weight excluding hydrogens is 376 g/mol. The van der Waals surface area contributed by atoms with Gasteiger partial charge in [0.05, 0.1) is 24.5 Å². The third-order valence-corrected chi connectivity index (χ3v) is 7.00. The van der Waals surface area contributed by atoms with Crippen LogP contribution in [0.5, 0.6) is 0 Å². The van der Waals surface area contributed by atoms with Gasteiger partial charge >= 0.3 is 11.9 Å². The van der Waals surface area contributed by atoms with Crippen LogP contribution in [0.2, 0.25) is 0 Å². The molecule has 2 N–H and O–H groups in total. The molecule has 148 valence electrons. The Kier molecular flexibility index (Phi) is 4.24. The normalized spacial score (nSPS) is 45.0. The van der Waals surface area contributed by atoms with Crippen molar-refractivity contribution in [1.29, 1.82) is 0 Å². The van der Waals surface area contributed by atoms with Gasteiger partial charge in [-0.1, -0.05) is 18.7 Å². The Balaban J connectivity index is 1.69. The van der Waals surface area contributed by atoms with Crippen molar-refractivity contribution in [1.82, 2.24) is 0 Å². The van der Waals surface area contributed by atoms with Gasteiger partial charge in [0.15, 0.2) is 5.60 Å². The van der Waals surface area contributed by atoms with Gasteiger partial charge in [-0.3, -0.25) is 0 Å². The molecular formula is C19H23ClO7. The molecule has 0 aromatic heterocycles. The fourth-order valence-electron chi connectivity index (χ4n) is 4.86. The molecule has 8 heteroatoms. The number of carbonyl (C=O) groups is 2. The average Bonchev–Trinajstić information content (AvgIpc) is 3.29. The lowest BCUT2D eigenvalue weighted by molar-refractivity contribution is -0.170. The van der Waals surface area contributed by atoms with Crippen LogP contribution in [-0.2, 0) is 23.8 Å². The summed E-state index contributed by atoms with van der Waals surface area (Å²) in [6.07, 6.45) is -1.31. The molecule has 27 heavy (non-hydrogen) atoms. The number of carbonyl (C=O) groups excluding carboxylic acids is 2. The molecule has 0 radical (unpaired) electrons. The average molecular weight is 399 g/mol. The highest BCUT2D eigenvalue weighted by Crippen LogP contribution is 2.60. The summed E-state index contributed by atoms with van der Waals surface area (Å²) < 4.78 is 16.8. The van der Waals surface area contributed by atoms with E-state index in [0.29, 0.717) is 13.0 Å². The van der Waals surface area contributed by atoms with Gasteiger partial charge in [-0.05, 0) is 19.3 Å². The quantitative estimate of drug-likeness (QED) is 0.237. The van der Waals surface area contributed by atoms with Crippen molar-refractivity contribution in [3.05, 3.63) is 24.3 Å². The fourth-order valence-corrected chi connectivity index (χ4v) is 4.96. The summed E-state index contributed by atoms with van der Waals surface area (Å²) in [5.41, 5.74) is -1.58. The van der Waals surface area contributed by atoms with Crippen LogP contribution in [-0.4, -0.2) is 64.2 Å². The maximum atomic E-state index is 12.4. The zero-order valence-corrected chi connectivity index (χ0v) is 15.8. The minimum atomic E-state index is -1.84. The number of ether oxygens (including phenoxy) is 3. The van der Waals surface area contributed by atoms with Gasteiger partial charge < -0.3 is 24.4 Å². The third-order valence-electron chi connectivity index (χ3n) is 6.48. The predicted molar refractivity (Wildman–Crippen MR) is 93.8 cm³/mol. The summed E-state index contributed by atoms with van der Waals surface area (Å²) in [5, 5.41) is 20.6. The van der Waals surface area contributed by atoms with Crippen LogP contribution in [0.1, 0.15) is 19.8 Å². The first kappa shape index (κ1) is 18.9. The zero-order chi connectivity index (χ0) is 19.7. The molecule has 2 aliphatic heterocycles. The summed E-state index contributed by atoms with van der Waals surface area (Å²) >= 11 is 5.66. The smallest absolute Gasteiger partial charge is 0.339 e. The molecule has 2 saturated carbocycles. The first-order valence-electron chi connectivity index (χ1n) is 9.01. The lowest BCUT2D eigenvalue weighted by Gasteiger charge is -2.31. The molecule has 2 saturated heterocycles. The summed E-state index contributed by atoms with van der Waals surface area (Å²) in [6, 6.07) is 0. The lowest BCUT2D eigenvalue weighted by Crippen LogP contribution is -2.45. The molecule has 4 rings (SSSR count). The van der Waals surface area contributed by atoms with E-state index in [4.69, 9.17) is 25.8 Å². The highest BCUT2D eigenvalue weighted by molar-refractivity contribution is 6.20. The Labute approximate surface area is 161 Å². The molecule has 1 spiro atoms. The Hall–Kier alpha value is -1.41. The SMILES string of the molecule is C=C1C(=O)O[C@@H]2[C@H]1[C@@H](OC(=O)[C@](C)(O)CCl)CC(=C)[C@@H]1C[C@H](O)[C@@]3(CO3)[C@H]21. The highest BCUT2D eigenvalue weighted by atomic mass is 35.5. The van der Waals surface area contributed by atoms with Gasteiger partial charge in [0.1, 0.15) is 17.8 Å². The van der Waals surface area contributed by atoms with Crippen LogP contribution in [0.3, 0.4) is 0 Å². The lowest BCUT2D eigenvalue weighted by atomic mass is 9.78. The monoisotopic (exact) mass is 398 g/mol. The Morgan fingerprint density at radius 1 is 1.48 bits per heavy atom. The molecule has 0 amide bonds. The highest BCUT2D eigenvalue weighted by Gasteiger charge is 2.71. The van der Waals surface area contributed by atoms with Gasteiger partial charge in [-0.15, -0.1) is 11.6 Å². The van der Waals surface area contributed by atoms with E-state index in [9.17, 15) is 19.8 Å². The summed E-state index contributed by atoms with van der Waals surface area (Å²) in [7, 11) is 0. The number of hydrogen-bond donors (Lipinski definition) is 2. The molecule has 0 unspecified atom stereocenters. The number of epoxide rings is 1. The maximum absolute atomic E-state index is 12.4. The number of aliphatic hydroxyl groups excluding tert-OH is 1. The van der Waals surface area contributed by atoms with Crippen LogP contribution < -0.4 is 0 Å². The number of rotatable bonds is 3. The summed E-state index contributed by atoms with van der Waals surface area (Å²) in [6.45, 7) is 9.64. The van der Waals surface area contributed by atoms with Gasteiger partial charge in [0, 0.05) is 17.9 Å². The van der Waals surface area contributed by atoms with Crippen molar-refractivity contribution in [2.24, 2.45) is 17.8 Å². The molecule has 7 nitrogen and oxygen atoms in total. The van der Waals surface area contributed by atoms with E-state index in [-0.39, 0.29) is 29.7 Å². The van der Waals surface area contributed by atoms with Crippen LogP contribution in [0.4, 0.5) is 0 Å². The Morgan fingerprint density at radius 3 is 2.74 bits per heavy atom. The second-order valence-electron chi connectivity index (χ2n) is 8.26. The Morgan fingerprint density at radius 2 is 2.15 bits per heavy atom. The van der Waals surface area contributed by atoms with Crippen LogP contribution in [0.15, 0.2) is 24.3 Å². The van der Waals surface area contributed by atoms with Crippen LogP contribution in [0.25, 0.3) is 0 Å². The zero-order valence-electron chi connectivity index (χ0n) is 15.0. The van der Waals surface area contributed by atoms with Gasteiger partial charge in [-0.25, -0.2) is 9.59 Å². The van der Waals surface area contributed by atoms with Crippen molar-refractivity contribution in [2.75, 3.05) is 12.5 Å². The number of alkyl halides is 1. The van der Waals surface area contributed by atoms with E-state index in [0.717, 1.165) is 5.57 Å². The van der Waals surface area contributed by atoms with E-state index in [1.807, 2.05) is 0 Å². The van der Waals surface area contributed by atoms with E-state index >= 15 is 0 Å². The number of aliphatic hydroxyl groups is 2. The summed E-state index contributed by atoms with van der Waals surface area (Å²) in [5.74, 6) is -2.72. The van der Waals surface area contributed by atoms with Crippen LogP contribution in [0, 0.1) is 17.8 Å². The molecule has 0 aromatic rings. The minimum Gasteiger partial charge on any atom is -0.459 e. The molecule has 2 aliphatic carbocycles. The molecule has 4 aliphatic rings. The van der Waals surface area contributed by atoms with Crippen molar-refractivity contribution >= 4 is 23.5 Å². The van der Waals surface area contributed by atoms with E-state index in [1.165, 1.54) is 6.92 Å². The number of hydrogen-bond acceptors (Lipinski definition) is 7. The van der Waals surface area contributed by atoms with Gasteiger partial charge in [0.2, 0.25) is 0 Å². The Bertz CT molecular complexity index is 726. The van der Waals surface area contributed by atoms with Crippen molar-refractivity contribution in [2.45, 2.75) is 49.3 Å². The second kappa shape index (κ2) is 6.04. The van der Waals surface area contributed by atoms with Crippen molar-refractivity contribution in [3.8, 4) is 0 Å². The largest absolute Gasteiger partial charge is 0.459 e. The number of halogens is 1. The second-order valence-corrected chi connectivity index (χ2v) is 8.53. The number of fused-ring (bicyclic) bond motifs is 4. The molecule has 4 fully saturated rings. The molecule has 2 heterocycles. The van der Waals surface area contributed by atoms with Crippen molar-refractivity contribution in [3.63, 3.8) is 0 Å². The summed E-state index contributed by atoms with van der Waals surface area (Å²) in [4.78, 5) is 24.7. The van der Waals surface area contributed by atoms with Crippen LogP contribution >= 0.6 is 11.6 Å². The molecule has 8 atom stereocenters. The van der Waals surface area contributed by atoms with E-state index in [2.05, 4.69) is 13.2 Å². The molecule has 0 bridgehead atoms. The topological polar surface area (TPSA) is 106 Å². The van der Waals surface area contributed by atoms with Crippen molar-refractivity contribution < 1.29 is 34.0 Å². The predicted octanol–water partition coefficient (Wildman–Crippen LogP) is 0.712. The van der Waals surface area contributed by atoms with E-state index in [1.54, 1.807) is 0 Å². The molecule has 0 aromatic carbocycles. The first-order valence-corrected chi connectivity index (χ1v) is 9.54. The number of esters is 2. The van der Waals surface area contributed by atoms with E-state index < -0.39 is 47.4 Å². The van der Waals surface area contributed by atoms with Gasteiger partial charge in [0.25, 0.3) is 0 Å². The third kappa shape index (κ3) is 2.67. The standard InChI is InChI=1S/C19H23ClO7/c1-8-4-11(26-17(23)18(3,24)6-20)13-9(2)16(22)27-15(13)14-10(8)5-12(21)19(14)7-25-19/h10-15,21,24H,1-2,4-7H2,3H3/t10-,11-,12-,13+,14-,15+,18+,19-/m0/s1. The van der Waals surface area contributed by atoms with Gasteiger partial charge in [-0.2, -0.15) is 0 Å².